The zero-order valence-corrected chi connectivity index (χ0v) is 12.5. The molecule has 0 bridgehead atoms. The van der Waals surface area contributed by atoms with Gasteiger partial charge in [-0.1, -0.05) is 12.8 Å². The Kier molecular flexibility index (Phi) is 4.06. The molecule has 1 saturated carbocycles. The largest absolute Gasteiger partial charge is 0.480 e. The summed E-state index contributed by atoms with van der Waals surface area (Å²) >= 11 is 0. The first-order valence-electron chi connectivity index (χ1n) is 7.94. The molecule has 2 heterocycles. The van der Waals surface area contributed by atoms with Crippen molar-refractivity contribution in [3.05, 3.63) is 0 Å². The van der Waals surface area contributed by atoms with Crippen LogP contribution in [0, 0.1) is 5.92 Å². The van der Waals surface area contributed by atoms with Gasteiger partial charge in [-0.3, -0.25) is 0 Å². The van der Waals surface area contributed by atoms with Gasteiger partial charge in [0.05, 0.1) is 6.10 Å². The molecule has 6 nitrogen and oxygen atoms in total. The molecule has 118 valence electrons. The van der Waals surface area contributed by atoms with Gasteiger partial charge < -0.3 is 19.6 Å². The van der Waals surface area contributed by atoms with E-state index >= 15 is 0 Å². The molecule has 2 amide bonds. The summed E-state index contributed by atoms with van der Waals surface area (Å²) in [5, 5.41) is 9.35. The number of carbonyl (C=O) groups excluding carboxylic acids is 1. The normalized spacial score (nSPS) is 35.9. The van der Waals surface area contributed by atoms with E-state index in [-0.39, 0.29) is 12.1 Å². The van der Waals surface area contributed by atoms with Crippen molar-refractivity contribution in [3.63, 3.8) is 0 Å². The number of carbonyl (C=O) groups is 2. The fourth-order valence-corrected chi connectivity index (χ4v) is 4.22. The minimum Gasteiger partial charge on any atom is -0.480 e. The average Bonchev–Trinajstić information content (AvgIpc) is 3.10. The number of ether oxygens (including phenoxy) is 1. The molecule has 2 saturated heterocycles. The number of nitrogens with zero attached hydrogens (tertiary/aromatic N) is 2. The summed E-state index contributed by atoms with van der Waals surface area (Å²) in [6.45, 7) is 1.16. The molecular formula is C15H24N2O4. The smallest absolute Gasteiger partial charge is 0.326 e. The maximum atomic E-state index is 12.8. The minimum absolute atomic E-state index is 0.101. The van der Waals surface area contributed by atoms with Gasteiger partial charge in [-0.2, -0.15) is 0 Å². The molecule has 3 aliphatic rings. The summed E-state index contributed by atoms with van der Waals surface area (Å²) < 4.78 is 5.27. The third kappa shape index (κ3) is 2.61. The summed E-state index contributed by atoms with van der Waals surface area (Å²) in [5.41, 5.74) is 0. The monoisotopic (exact) mass is 296 g/mol. The highest BCUT2D eigenvalue weighted by Gasteiger charge is 2.45. The van der Waals surface area contributed by atoms with Crippen LogP contribution in [0.5, 0.6) is 0 Å². The lowest BCUT2D eigenvalue weighted by molar-refractivity contribution is -0.141. The first kappa shape index (κ1) is 14.6. The number of aliphatic carboxylic acids is 1. The molecule has 0 spiro atoms. The molecule has 0 aromatic heterocycles. The van der Waals surface area contributed by atoms with Crippen LogP contribution in [0.4, 0.5) is 4.79 Å². The Labute approximate surface area is 125 Å². The number of methoxy groups -OCH3 is 1. The standard InChI is InChI=1S/C15H24N2O4/c1-21-11-8-13(14(18)19)17(9-11)15(20)16-7-6-10-4-2-3-5-12(10)16/h10-13H,2-9H2,1H3,(H,18,19). The summed E-state index contributed by atoms with van der Waals surface area (Å²) in [5.74, 6) is -0.311. The quantitative estimate of drug-likeness (QED) is 0.839. The van der Waals surface area contributed by atoms with Gasteiger partial charge in [-0.25, -0.2) is 9.59 Å². The van der Waals surface area contributed by atoms with Crippen LogP contribution < -0.4 is 0 Å². The summed E-state index contributed by atoms with van der Waals surface area (Å²) in [4.78, 5) is 27.7. The van der Waals surface area contributed by atoms with Crippen LogP contribution in [0.2, 0.25) is 0 Å². The van der Waals surface area contributed by atoms with Gasteiger partial charge in [0.15, 0.2) is 0 Å². The Balaban J connectivity index is 1.73. The number of amides is 2. The van der Waals surface area contributed by atoms with Crippen molar-refractivity contribution in [2.45, 2.75) is 56.7 Å². The van der Waals surface area contributed by atoms with E-state index in [2.05, 4.69) is 0 Å². The van der Waals surface area contributed by atoms with Crippen LogP contribution in [0.25, 0.3) is 0 Å². The van der Waals surface area contributed by atoms with Crippen molar-refractivity contribution >= 4 is 12.0 Å². The topological polar surface area (TPSA) is 70.1 Å². The number of carboxylic acid groups (broad SMARTS) is 1. The van der Waals surface area contributed by atoms with E-state index in [1.165, 1.54) is 24.2 Å². The van der Waals surface area contributed by atoms with E-state index in [0.717, 1.165) is 19.4 Å². The second-order valence-corrected chi connectivity index (χ2v) is 6.48. The Morgan fingerprint density at radius 1 is 1.14 bits per heavy atom. The lowest BCUT2D eigenvalue weighted by Gasteiger charge is -2.35. The van der Waals surface area contributed by atoms with Gasteiger partial charge in [0.1, 0.15) is 6.04 Å². The van der Waals surface area contributed by atoms with Crippen molar-refractivity contribution in [1.29, 1.82) is 0 Å². The van der Waals surface area contributed by atoms with E-state index in [9.17, 15) is 14.7 Å². The molecule has 21 heavy (non-hydrogen) atoms. The fraction of sp³-hybridized carbons (Fsp3) is 0.867. The zero-order valence-electron chi connectivity index (χ0n) is 12.5. The number of hydrogen-bond donors (Lipinski definition) is 1. The molecule has 4 unspecified atom stereocenters. The van der Waals surface area contributed by atoms with Crippen LogP contribution >= 0.6 is 0 Å². The lowest BCUT2D eigenvalue weighted by Crippen LogP contribution is -2.50. The summed E-state index contributed by atoms with van der Waals surface area (Å²) in [6, 6.07) is -0.524. The number of urea groups is 1. The summed E-state index contributed by atoms with van der Waals surface area (Å²) in [6.07, 6.45) is 5.99. The number of rotatable bonds is 2. The van der Waals surface area contributed by atoms with Gasteiger partial charge in [-0.15, -0.1) is 0 Å². The van der Waals surface area contributed by atoms with E-state index in [1.807, 2.05) is 4.90 Å². The van der Waals surface area contributed by atoms with Gasteiger partial charge in [0.25, 0.3) is 0 Å². The Morgan fingerprint density at radius 2 is 1.90 bits per heavy atom. The number of carboxylic acids is 1. The van der Waals surface area contributed by atoms with E-state index in [1.54, 1.807) is 7.11 Å². The molecule has 4 atom stereocenters. The van der Waals surface area contributed by atoms with E-state index < -0.39 is 12.0 Å². The Bertz CT molecular complexity index is 428. The predicted octanol–water partition coefficient (Wildman–Crippen LogP) is 1.54. The van der Waals surface area contributed by atoms with Crippen LogP contribution in [-0.4, -0.2) is 65.3 Å². The third-order valence-corrected chi connectivity index (χ3v) is 5.38. The van der Waals surface area contributed by atoms with Crippen molar-refractivity contribution in [3.8, 4) is 0 Å². The van der Waals surface area contributed by atoms with Crippen molar-refractivity contribution in [1.82, 2.24) is 9.80 Å². The molecule has 0 aromatic carbocycles. The molecule has 3 fully saturated rings. The molecule has 1 N–H and O–H groups in total. The number of likely N-dealkylation sites (tertiary alicyclic amines) is 2. The first-order valence-corrected chi connectivity index (χ1v) is 7.94. The first-order chi connectivity index (χ1) is 10.1. The van der Waals surface area contributed by atoms with Crippen LogP contribution in [0.3, 0.4) is 0 Å². The highest BCUT2D eigenvalue weighted by atomic mass is 16.5. The Morgan fingerprint density at radius 3 is 2.62 bits per heavy atom. The fourth-order valence-electron chi connectivity index (χ4n) is 4.22. The van der Waals surface area contributed by atoms with Gasteiger partial charge in [-0.05, 0) is 25.2 Å². The molecule has 1 aliphatic carbocycles. The molecule has 3 rings (SSSR count). The molecule has 6 heteroatoms. The Hall–Kier alpha value is -1.30. The number of hydrogen-bond acceptors (Lipinski definition) is 3. The summed E-state index contributed by atoms with van der Waals surface area (Å²) in [7, 11) is 1.57. The van der Waals surface area contributed by atoms with Crippen LogP contribution in [-0.2, 0) is 9.53 Å². The second-order valence-electron chi connectivity index (χ2n) is 6.48. The van der Waals surface area contributed by atoms with Crippen LogP contribution in [0.1, 0.15) is 38.5 Å². The van der Waals surface area contributed by atoms with E-state index in [0.29, 0.717) is 24.9 Å². The zero-order chi connectivity index (χ0) is 15.0. The highest BCUT2D eigenvalue weighted by Crippen LogP contribution is 2.37. The minimum atomic E-state index is -0.928. The maximum Gasteiger partial charge on any atom is 0.326 e. The van der Waals surface area contributed by atoms with E-state index in [4.69, 9.17) is 4.74 Å². The van der Waals surface area contributed by atoms with Gasteiger partial charge in [0.2, 0.25) is 0 Å². The predicted molar refractivity (Wildman–Crippen MR) is 76.0 cm³/mol. The molecule has 0 aromatic rings. The highest BCUT2D eigenvalue weighted by molar-refractivity contribution is 5.84. The molecule has 2 aliphatic heterocycles. The van der Waals surface area contributed by atoms with Crippen LogP contribution in [0.15, 0.2) is 0 Å². The second kappa shape index (κ2) is 5.83. The van der Waals surface area contributed by atoms with Gasteiger partial charge in [0, 0.05) is 32.7 Å². The molecular weight excluding hydrogens is 272 g/mol. The third-order valence-electron chi connectivity index (χ3n) is 5.38. The lowest BCUT2D eigenvalue weighted by atomic mass is 9.85. The van der Waals surface area contributed by atoms with Crippen molar-refractivity contribution in [2.24, 2.45) is 5.92 Å². The molecule has 0 radical (unpaired) electrons. The van der Waals surface area contributed by atoms with Crippen molar-refractivity contribution < 1.29 is 19.4 Å². The van der Waals surface area contributed by atoms with Crippen molar-refractivity contribution in [2.75, 3.05) is 20.2 Å². The maximum absolute atomic E-state index is 12.8. The average molecular weight is 296 g/mol. The SMILES string of the molecule is COC1CC(C(=O)O)N(C(=O)N2CCC3CCCCC32)C1. The number of fused-ring (bicyclic) bond motifs is 1. The van der Waals surface area contributed by atoms with Gasteiger partial charge >= 0.3 is 12.0 Å².